The topological polar surface area (TPSA) is 97.7 Å². The molecule has 7 nitrogen and oxygen atoms in total. The molecule has 1 fully saturated rings. The highest BCUT2D eigenvalue weighted by atomic mass is 16.6. The molecule has 1 aromatic heterocycles. The summed E-state index contributed by atoms with van der Waals surface area (Å²) >= 11 is 0. The molecule has 0 radical (unpaired) electrons. The Morgan fingerprint density at radius 1 is 1.07 bits per heavy atom. The largest absolute Gasteiger partial charge is 0.433 e. The van der Waals surface area contributed by atoms with E-state index in [0.29, 0.717) is 6.42 Å². The molecule has 1 atom stereocenters. The van der Waals surface area contributed by atoms with Crippen LogP contribution in [0.3, 0.4) is 0 Å². The number of nitro groups is 1. The molecule has 0 saturated heterocycles. The molecule has 0 aliphatic heterocycles. The number of benzene rings is 2. The van der Waals surface area contributed by atoms with Crippen LogP contribution in [0.2, 0.25) is 0 Å². The zero-order chi connectivity index (χ0) is 19.6. The summed E-state index contributed by atoms with van der Waals surface area (Å²) < 4.78 is 4.98. The van der Waals surface area contributed by atoms with Crippen molar-refractivity contribution in [3.8, 4) is 0 Å². The van der Waals surface area contributed by atoms with Crippen LogP contribution in [0.15, 0.2) is 82.3 Å². The summed E-state index contributed by atoms with van der Waals surface area (Å²) in [4.78, 5) is 22.7. The lowest BCUT2D eigenvalue weighted by Gasteiger charge is -2.18. The lowest BCUT2D eigenvalue weighted by molar-refractivity contribution is -0.402. The fraction of sp³-hybridized carbons (Fsp3) is 0.143. The van der Waals surface area contributed by atoms with Crippen LogP contribution in [0.25, 0.3) is 0 Å². The van der Waals surface area contributed by atoms with Gasteiger partial charge in [-0.1, -0.05) is 60.7 Å². The molecule has 4 rings (SSSR count). The number of nitrogens with one attached hydrogen (secondary N) is 1. The zero-order valence-electron chi connectivity index (χ0n) is 14.8. The van der Waals surface area contributed by atoms with Gasteiger partial charge in [-0.15, -0.1) is 0 Å². The number of hydrogen-bond donors (Lipinski definition) is 1. The van der Waals surface area contributed by atoms with Crippen molar-refractivity contribution in [3.63, 3.8) is 0 Å². The molecule has 1 heterocycles. The standard InChI is InChI=1S/C21H17N3O4/c25-20(23-22-14-17-11-12-19(28-17)24(26)27)18-13-21(18,15-7-3-1-4-8-15)16-9-5-2-6-10-16/h1-12,14,18H,13H2,(H,23,25)/b22-14+. The van der Waals surface area contributed by atoms with Crippen molar-refractivity contribution < 1.29 is 14.1 Å². The van der Waals surface area contributed by atoms with Gasteiger partial charge in [0.2, 0.25) is 5.91 Å². The van der Waals surface area contributed by atoms with Crippen LogP contribution in [0.1, 0.15) is 23.3 Å². The third-order valence-electron chi connectivity index (χ3n) is 5.01. The van der Waals surface area contributed by atoms with E-state index < -0.39 is 4.92 Å². The van der Waals surface area contributed by atoms with Gasteiger partial charge < -0.3 is 4.42 Å². The van der Waals surface area contributed by atoms with Gasteiger partial charge in [0.25, 0.3) is 0 Å². The van der Waals surface area contributed by atoms with E-state index in [1.807, 2.05) is 60.7 Å². The first-order valence-corrected chi connectivity index (χ1v) is 8.79. The molecule has 1 aliphatic carbocycles. The summed E-state index contributed by atoms with van der Waals surface area (Å²) in [7, 11) is 0. The molecule has 0 bridgehead atoms. The molecule has 0 spiro atoms. The van der Waals surface area contributed by atoms with Crippen molar-refractivity contribution in [2.45, 2.75) is 11.8 Å². The molecular weight excluding hydrogens is 358 g/mol. The third-order valence-corrected chi connectivity index (χ3v) is 5.01. The Labute approximate surface area is 160 Å². The van der Waals surface area contributed by atoms with Gasteiger partial charge in [0.05, 0.1) is 18.2 Å². The minimum Gasteiger partial charge on any atom is -0.400 e. The van der Waals surface area contributed by atoms with Gasteiger partial charge in [-0.05, 0) is 23.6 Å². The molecule has 140 valence electrons. The number of nitrogens with zero attached hydrogens (tertiary/aromatic N) is 2. The van der Waals surface area contributed by atoms with E-state index in [-0.39, 0.29) is 28.9 Å². The van der Waals surface area contributed by atoms with Crippen LogP contribution in [0.5, 0.6) is 0 Å². The maximum absolute atomic E-state index is 12.7. The van der Waals surface area contributed by atoms with Crippen molar-refractivity contribution in [3.05, 3.63) is 99.8 Å². The van der Waals surface area contributed by atoms with Crippen LogP contribution in [0, 0.1) is 16.0 Å². The Hall–Kier alpha value is -3.74. The van der Waals surface area contributed by atoms with Gasteiger partial charge in [-0.3, -0.25) is 14.9 Å². The molecule has 28 heavy (non-hydrogen) atoms. The van der Waals surface area contributed by atoms with Gasteiger partial charge in [0, 0.05) is 5.41 Å². The molecular formula is C21H17N3O4. The van der Waals surface area contributed by atoms with Crippen LogP contribution in [0.4, 0.5) is 5.88 Å². The molecule has 1 unspecified atom stereocenters. The number of furan rings is 1. The summed E-state index contributed by atoms with van der Waals surface area (Å²) in [5.74, 6) is -0.632. The summed E-state index contributed by atoms with van der Waals surface area (Å²) in [6.07, 6.45) is 1.94. The van der Waals surface area contributed by atoms with Gasteiger partial charge >= 0.3 is 5.88 Å². The van der Waals surface area contributed by atoms with Gasteiger partial charge in [-0.25, -0.2) is 5.43 Å². The molecule has 1 saturated carbocycles. The SMILES string of the molecule is O=C(N/N=C/c1ccc([N+](=O)[O-])o1)C1CC1(c1ccccc1)c1ccccc1. The van der Waals surface area contributed by atoms with Crippen molar-refractivity contribution in [1.82, 2.24) is 5.43 Å². The molecule has 1 amide bonds. The quantitative estimate of drug-likeness (QED) is 0.404. The van der Waals surface area contributed by atoms with Gasteiger partial charge in [-0.2, -0.15) is 5.10 Å². The van der Waals surface area contributed by atoms with Crippen molar-refractivity contribution in [2.24, 2.45) is 11.0 Å². The first kappa shape index (κ1) is 17.7. The van der Waals surface area contributed by atoms with Crippen LogP contribution >= 0.6 is 0 Å². The highest BCUT2D eigenvalue weighted by Crippen LogP contribution is 2.58. The maximum Gasteiger partial charge on any atom is 0.433 e. The number of hydrogen-bond acceptors (Lipinski definition) is 5. The highest BCUT2D eigenvalue weighted by molar-refractivity contribution is 5.87. The number of carbonyl (C=O) groups is 1. The zero-order valence-corrected chi connectivity index (χ0v) is 14.8. The smallest absolute Gasteiger partial charge is 0.400 e. The average molecular weight is 375 g/mol. The van der Waals surface area contributed by atoms with Crippen molar-refractivity contribution >= 4 is 18.0 Å². The summed E-state index contributed by atoms with van der Waals surface area (Å²) in [6, 6.07) is 22.6. The molecule has 1 aliphatic rings. The second kappa shape index (κ2) is 7.11. The number of rotatable bonds is 6. The van der Waals surface area contributed by atoms with E-state index in [0.717, 1.165) is 11.1 Å². The Balaban J connectivity index is 1.51. The molecule has 7 heteroatoms. The molecule has 2 aromatic carbocycles. The minimum absolute atomic E-state index is 0.195. The van der Waals surface area contributed by atoms with Crippen LogP contribution in [-0.2, 0) is 10.2 Å². The predicted molar refractivity (Wildman–Crippen MR) is 103 cm³/mol. The fourth-order valence-electron chi connectivity index (χ4n) is 3.60. The van der Waals surface area contributed by atoms with E-state index in [4.69, 9.17) is 4.42 Å². The lowest BCUT2D eigenvalue weighted by atomic mass is 9.85. The monoisotopic (exact) mass is 375 g/mol. The van der Waals surface area contributed by atoms with E-state index in [9.17, 15) is 14.9 Å². The van der Waals surface area contributed by atoms with E-state index in [2.05, 4.69) is 10.5 Å². The average Bonchev–Trinajstić information content (AvgIpc) is 3.32. The first-order chi connectivity index (χ1) is 13.6. The van der Waals surface area contributed by atoms with Gasteiger partial charge in [0.15, 0.2) is 5.76 Å². The van der Waals surface area contributed by atoms with E-state index in [1.54, 1.807) is 0 Å². The predicted octanol–water partition coefficient (Wildman–Crippen LogP) is 3.64. The van der Waals surface area contributed by atoms with Gasteiger partial charge in [0.1, 0.15) is 4.92 Å². The fourth-order valence-corrected chi connectivity index (χ4v) is 3.60. The third kappa shape index (κ3) is 3.18. The lowest BCUT2D eigenvalue weighted by Crippen LogP contribution is -2.25. The Morgan fingerprint density at radius 2 is 1.68 bits per heavy atom. The Kier molecular flexibility index (Phi) is 4.49. The first-order valence-electron chi connectivity index (χ1n) is 8.79. The number of carbonyl (C=O) groups excluding carboxylic acids is 1. The van der Waals surface area contributed by atoms with Crippen molar-refractivity contribution in [2.75, 3.05) is 0 Å². The summed E-state index contributed by atoms with van der Waals surface area (Å²) in [5, 5.41) is 14.5. The van der Waals surface area contributed by atoms with E-state index >= 15 is 0 Å². The Morgan fingerprint density at radius 3 is 2.21 bits per heavy atom. The van der Waals surface area contributed by atoms with E-state index in [1.165, 1.54) is 18.3 Å². The normalized spacial score (nSPS) is 17.4. The summed E-state index contributed by atoms with van der Waals surface area (Å²) in [6.45, 7) is 0. The second-order valence-corrected chi connectivity index (χ2v) is 6.63. The number of hydrazone groups is 1. The minimum atomic E-state index is -0.631. The van der Waals surface area contributed by atoms with Crippen molar-refractivity contribution in [1.29, 1.82) is 0 Å². The molecule has 1 N–H and O–H groups in total. The van der Waals surface area contributed by atoms with Crippen LogP contribution in [-0.4, -0.2) is 17.0 Å². The number of amides is 1. The Bertz CT molecular complexity index is 989. The molecule has 3 aromatic rings. The van der Waals surface area contributed by atoms with Crippen LogP contribution < -0.4 is 5.43 Å². The highest BCUT2D eigenvalue weighted by Gasteiger charge is 2.60. The second-order valence-electron chi connectivity index (χ2n) is 6.63. The maximum atomic E-state index is 12.7. The summed E-state index contributed by atoms with van der Waals surface area (Å²) in [5.41, 5.74) is 4.34.